The number of ether oxygens (including phenoxy) is 3. The van der Waals surface area contributed by atoms with Crippen LogP contribution in [-0.4, -0.2) is 69.6 Å². The standard InChI is InChI=1S/C19H27N5O4/c1-26-16-8-12-13(9-17(16)27-2)22-11-23-19(12,20)24-6-5-21-10-14(24)18(25)15-4-3-7-28-15/h8-9,11,14-15,21H,3-7,10,20H2,1-2H3,(H,22,23). The number of nitrogens with two attached hydrogens (primary N) is 1. The molecule has 0 spiro atoms. The summed E-state index contributed by atoms with van der Waals surface area (Å²) in [7, 11) is 3.17. The summed E-state index contributed by atoms with van der Waals surface area (Å²) < 4.78 is 16.5. The van der Waals surface area contributed by atoms with Gasteiger partial charge in [0, 0.05) is 37.9 Å². The quantitative estimate of drug-likeness (QED) is 0.657. The summed E-state index contributed by atoms with van der Waals surface area (Å²) in [6.45, 7) is 2.46. The number of nitrogens with zero attached hydrogens (tertiary/aromatic N) is 2. The fourth-order valence-electron chi connectivity index (χ4n) is 4.18. The Morgan fingerprint density at radius 2 is 2.14 bits per heavy atom. The van der Waals surface area contributed by atoms with Gasteiger partial charge in [-0.15, -0.1) is 0 Å². The van der Waals surface area contributed by atoms with Crippen molar-refractivity contribution >= 4 is 17.8 Å². The molecule has 152 valence electrons. The molecule has 0 saturated carbocycles. The largest absolute Gasteiger partial charge is 0.493 e. The van der Waals surface area contributed by atoms with Crippen molar-refractivity contribution in [3.63, 3.8) is 0 Å². The van der Waals surface area contributed by atoms with Gasteiger partial charge < -0.3 is 24.8 Å². The van der Waals surface area contributed by atoms with E-state index >= 15 is 0 Å². The summed E-state index contributed by atoms with van der Waals surface area (Å²) in [5.41, 5.74) is 8.37. The number of benzene rings is 1. The van der Waals surface area contributed by atoms with E-state index in [4.69, 9.17) is 19.9 Å². The van der Waals surface area contributed by atoms with E-state index in [1.807, 2.05) is 17.0 Å². The molecule has 0 aromatic heterocycles. The summed E-state index contributed by atoms with van der Waals surface area (Å²) in [6.07, 6.45) is 2.87. The molecule has 0 amide bonds. The maximum atomic E-state index is 13.2. The molecule has 3 atom stereocenters. The van der Waals surface area contributed by atoms with Crippen LogP contribution in [0.25, 0.3) is 0 Å². The van der Waals surface area contributed by atoms with Crippen LogP contribution in [0.4, 0.5) is 5.69 Å². The molecule has 2 fully saturated rings. The van der Waals surface area contributed by atoms with E-state index in [0.29, 0.717) is 31.2 Å². The number of Topliss-reactive ketones (excluding diaryl/α,β-unsaturated/α-hetero) is 1. The summed E-state index contributed by atoms with van der Waals surface area (Å²) in [5, 5.41) is 6.43. The van der Waals surface area contributed by atoms with Crippen LogP contribution >= 0.6 is 0 Å². The first-order chi connectivity index (χ1) is 13.6. The van der Waals surface area contributed by atoms with E-state index < -0.39 is 11.8 Å². The number of carbonyl (C=O) groups excluding carboxylic acids is 1. The summed E-state index contributed by atoms with van der Waals surface area (Å²) >= 11 is 0. The number of nitrogens with one attached hydrogen (secondary N) is 2. The highest BCUT2D eigenvalue weighted by Gasteiger charge is 2.47. The van der Waals surface area contributed by atoms with Crippen molar-refractivity contribution in [2.24, 2.45) is 10.7 Å². The van der Waals surface area contributed by atoms with Gasteiger partial charge in [-0.1, -0.05) is 0 Å². The first kappa shape index (κ1) is 19.1. The Morgan fingerprint density at radius 1 is 1.36 bits per heavy atom. The summed E-state index contributed by atoms with van der Waals surface area (Å²) in [5.74, 6) is 0.0253. The fourth-order valence-corrected chi connectivity index (χ4v) is 4.18. The topological polar surface area (TPSA) is 110 Å². The van der Waals surface area contributed by atoms with Gasteiger partial charge in [-0.3, -0.25) is 15.4 Å². The van der Waals surface area contributed by atoms with Crippen LogP contribution in [0.15, 0.2) is 17.1 Å². The highest BCUT2D eigenvalue weighted by molar-refractivity contribution is 5.89. The monoisotopic (exact) mass is 389 g/mol. The zero-order chi connectivity index (χ0) is 19.7. The number of aliphatic imine (C=N–C) groups is 1. The Hall–Kier alpha value is -2.20. The SMILES string of the molecule is COc1cc2c(cc1OC)C(N)(N1CCNCC1C(=O)C1CCCO1)N=CN2. The van der Waals surface area contributed by atoms with Crippen LogP contribution in [0.5, 0.6) is 11.5 Å². The number of hydrogen-bond donors (Lipinski definition) is 3. The molecule has 9 heteroatoms. The average molecular weight is 389 g/mol. The number of piperazine rings is 1. The van der Waals surface area contributed by atoms with Gasteiger partial charge in [0.2, 0.25) is 0 Å². The molecule has 0 bridgehead atoms. The van der Waals surface area contributed by atoms with E-state index in [0.717, 1.165) is 30.6 Å². The first-order valence-electron chi connectivity index (χ1n) is 9.57. The van der Waals surface area contributed by atoms with Crippen LogP contribution in [0.3, 0.4) is 0 Å². The number of anilines is 1. The van der Waals surface area contributed by atoms with Gasteiger partial charge >= 0.3 is 0 Å². The van der Waals surface area contributed by atoms with Gasteiger partial charge in [0.25, 0.3) is 0 Å². The molecular formula is C19H27N5O4. The maximum absolute atomic E-state index is 13.2. The van der Waals surface area contributed by atoms with Crippen molar-refractivity contribution in [3.8, 4) is 11.5 Å². The van der Waals surface area contributed by atoms with E-state index in [2.05, 4.69) is 15.6 Å². The number of carbonyl (C=O) groups is 1. The Balaban J connectivity index is 1.73. The van der Waals surface area contributed by atoms with E-state index in [-0.39, 0.29) is 11.9 Å². The van der Waals surface area contributed by atoms with Crippen molar-refractivity contribution in [1.82, 2.24) is 10.2 Å². The van der Waals surface area contributed by atoms with E-state index in [1.54, 1.807) is 20.6 Å². The molecule has 1 aromatic carbocycles. The minimum Gasteiger partial charge on any atom is -0.493 e. The zero-order valence-electron chi connectivity index (χ0n) is 16.2. The van der Waals surface area contributed by atoms with Crippen molar-refractivity contribution in [2.75, 3.05) is 45.8 Å². The zero-order valence-corrected chi connectivity index (χ0v) is 16.2. The second-order valence-electron chi connectivity index (χ2n) is 7.20. The molecule has 28 heavy (non-hydrogen) atoms. The normalized spacial score (nSPS) is 29.8. The van der Waals surface area contributed by atoms with Crippen LogP contribution in [0.2, 0.25) is 0 Å². The van der Waals surface area contributed by atoms with Crippen LogP contribution in [0, 0.1) is 0 Å². The summed E-state index contributed by atoms with van der Waals surface area (Å²) in [4.78, 5) is 19.7. The van der Waals surface area contributed by atoms with Gasteiger partial charge in [-0.2, -0.15) is 0 Å². The number of rotatable bonds is 5. The lowest BCUT2D eigenvalue weighted by Gasteiger charge is -2.47. The Kier molecular flexibility index (Phi) is 5.24. The molecule has 4 rings (SSSR count). The number of fused-ring (bicyclic) bond motifs is 1. The molecule has 0 aliphatic carbocycles. The van der Waals surface area contributed by atoms with E-state index in [9.17, 15) is 4.79 Å². The van der Waals surface area contributed by atoms with Crippen molar-refractivity contribution in [3.05, 3.63) is 17.7 Å². The number of hydrogen-bond acceptors (Lipinski definition) is 9. The molecule has 1 aromatic rings. The number of ketones is 1. The maximum Gasteiger partial charge on any atom is 0.195 e. The van der Waals surface area contributed by atoms with Crippen LogP contribution in [0.1, 0.15) is 18.4 Å². The molecule has 0 radical (unpaired) electrons. The second kappa shape index (κ2) is 7.67. The smallest absolute Gasteiger partial charge is 0.195 e. The highest BCUT2D eigenvalue weighted by Crippen LogP contribution is 2.41. The predicted molar refractivity (Wildman–Crippen MR) is 105 cm³/mol. The van der Waals surface area contributed by atoms with Gasteiger partial charge in [-0.25, -0.2) is 4.99 Å². The van der Waals surface area contributed by atoms with Crippen molar-refractivity contribution < 1.29 is 19.0 Å². The van der Waals surface area contributed by atoms with Crippen molar-refractivity contribution in [1.29, 1.82) is 0 Å². The number of methoxy groups -OCH3 is 2. The Bertz CT molecular complexity index is 780. The second-order valence-corrected chi connectivity index (χ2v) is 7.20. The van der Waals surface area contributed by atoms with Gasteiger partial charge in [0.05, 0.1) is 32.3 Å². The molecular weight excluding hydrogens is 362 g/mol. The van der Waals surface area contributed by atoms with Gasteiger partial charge in [0.15, 0.2) is 23.1 Å². The van der Waals surface area contributed by atoms with Crippen LogP contribution in [-0.2, 0) is 15.3 Å². The lowest BCUT2D eigenvalue weighted by atomic mass is 9.95. The lowest BCUT2D eigenvalue weighted by molar-refractivity contribution is -0.137. The fraction of sp³-hybridized carbons (Fsp3) is 0.579. The molecule has 4 N–H and O–H groups in total. The van der Waals surface area contributed by atoms with Crippen LogP contribution < -0.4 is 25.8 Å². The molecule has 3 aliphatic heterocycles. The third-order valence-electron chi connectivity index (χ3n) is 5.66. The third kappa shape index (κ3) is 3.14. The van der Waals surface area contributed by atoms with Gasteiger partial charge in [0.1, 0.15) is 6.10 Å². The van der Waals surface area contributed by atoms with Crippen molar-refractivity contribution in [2.45, 2.75) is 30.8 Å². The minimum atomic E-state index is -1.19. The highest BCUT2D eigenvalue weighted by atomic mass is 16.5. The average Bonchev–Trinajstić information content (AvgIpc) is 3.27. The molecule has 2 saturated heterocycles. The Labute approximate surface area is 164 Å². The molecule has 3 aliphatic rings. The molecule has 3 unspecified atom stereocenters. The van der Waals surface area contributed by atoms with Gasteiger partial charge in [-0.05, 0) is 18.9 Å². The third-order valence-corrected chi connectivity index (χ3v) is 5.66. The van der Waals surface area contributed by atoms with E-state index in [1.165, 1.54) is 0 Å². The predicted octanol–water partition coefficient (Wildman–Crippen LogP) is 0.249. The first-order valence-corrected chi connectivity index (χ1v) is 9.57. The molecule has 9 nitrogen and oxygen atoms in total. The minimum absolute atomic E-state index is 0.0604. The Morgan fingerprint density at radius 3 is 2.86 bits per heavy atom. The summed E-state index contributed by atoms with van der Waals surface area (Å²) in [6, 6.07) is 3.24. The molecule has 3 heterocycles. The lowest BCUT2D eigenvalue weighted by Crippen LogP contribution is -2.66.